The summed E-state index contributed by atoms with van der Waals surface area (Å²) in [4.78, 5) is 18.9. The zero-order valence-corrected chi connectivity index (χ0v) is 19.9. The zero-order valence-electron chi connectivity index (χ0n) is 19.9. The van der Waals surface area contributed by atoms with E-state index in [9.17, 15) is 31.1 Å². The summed E-state index contributed by atoms with van der Waals surface area (Å²) >= 11 is 0. The van der Waals surface area contributed by atoms with Gasteiger partial charge in [-0.15, -0.1) is 0 Å². The van der Waals surface area contributed by atoms with Crippen molar-refractivity contribution in [1.82, 2.24) is 4.98 Å². The molecule has 4 aromatic rings. The second kappa shape index (κ2) is 9.88. The maximum Gasteiger partial charge on any atom is 0.416 e. The van der Waals surface area contributed by atoms with Gasteiger partial charge in [0.1, 0.15) is 0 Å². The number of hydrogen-bond donors (Lipinski definition) is 0. The number of halogens is 6. The maximum absolute atomic E-state index is 13.3. The number of aromatic nitrogens is 1. The van der Waals surface area contributed by atoms with Crippen molar-refractivity contribution in [2.45, 2.75) is 25.7 Å². The first-order valence-corrected chi connectivity index (χ1v) is 11.3. The van der Waals surface area contributed by atoms with Crippen molar-refractivity contribution >= 4 is 22.4 Å². The molecule has 1 amide bonds. The van der Waals surface area contributed by atoms with Crippen molar-refractivity contribution in [2.75, 3.05) is 11.9 Å². The highest BCUT2D eigenvalue weighted by atomic mass is 19.4. The van der Waals surface area contributed by atoms with Crippen molar-refractivity contribution in [1.29, 1.82) is 0 Å². The Hall–Kier alpha value is -3.88. The van der Waals surface area contributed by atoms with Crippen molar-refractivity contribution in [3.63, 3.8) is 0 Å². The van der Waals surface area contributed by atoms with E-state index in [1.807, 2.05) is 42.5 Å². The molecule has 0 radical (unpaired) electrons. The van der Waals surface area contributed by atoms with Gasteiger partial charge >= 0.3 is 12.4 Å². The average molecular weight is 516 g/mol. The SMILES string of the molecule is CC(Cc1cc(C(F)(F)F)cc(C(F)(F)F)c1)C(=O)N(C)c1ccncc1-c1cccc2ccccc12. The minimum absolute atomic E-state index is 0.0789. The van der Waals surface area contributed by atoms with Gasteiger partial charge in [-0.05, 0) is 52.6 Å². The molecule has 0 aliphatic carbocycles. The van der Waals surface area contributed by atoms with Crippen LogP contribution in [0, 0.1) is 5.92 Å². The van der Waals surface area contributed by atoms with E-state index in [0.29, 0.717) is 23.4 Å². The van der Waals surface area contributed by atoms with E-state index in [1.54, 1.807) is 12.3 Å². The highest BCUT2D eigenvalue weighted by molar-refractivity contribution is 6.03. The second-order valence-corrected chi connectivity index (χ2v) is 8.84. The number of benzene rings is 3. The molecule has 0 bridgehead atoms. The number of carbonyl (C=O) groups excluding carboxylic acids is 1. The summed E-state index contributed by atoms with van der Waals surface area (Å²) in [7, 11) is 1.52. The number of alkyl halides is 6. The van der Waals surface area contributed by atoms with Gasteiger partial charge in [0.05, 0.1) is 16.8 Å². The summed E-state index contributed by atoms with van der Waals surface area (Å²) < 4.78 is 79.5. The number of pyridine rings is 1. The van der Waals surface area contributed by atoms with Gasteiger partial charge in [-0.25, -0.2) is 0 Å². The van der Waals surface area contributed by atoms with Crippen LogP contribution in [-0.4, -0.2) is 17.9 Å². The first-order chi connectivity index (χ1) is 17.4. The largest absolute Gasteiger partial charge is 0.416 e. The van der Waals surface area contributed by atoms with Gasteiger partial charge in [-0.2, -0.15) is 26.3 Å². The molecule has 0 aliphatic heterocycles. The van der Waals surface area contributed by atoms with Crippen LogP contribution in [0.25, 0.3) is 21.9 Å². The highest BCUT2D eigenvalue weighted by Crippen LogP contribution is 2.38. The second-order valence-electron chi connectivity index (χ2n) is 8.84. The number of anilines is 1. The van der Waals surface area contributed by atoms with Crippen molar-refractivity contribution in [3.05, 3.63) is 95.8 Å². The summed E-state index contributed by atoms with van der Waals surface area (Å²) in [5.74, 6) is -1.36. The number of nitrogens with zero attached hydrogens (tertiary/aromatic N) is 2. The Labute approximate surface area is 209 Å². The van der Waals surface area contributed by atoms with E-state index >= 15 is 0 Å². The molecule has 0 N–H and O–H groups in total. The lowest BCUT2D eigenvalue weighted by Gasteiger charge is -2.24. The van der Waals surface area contributed by atoms with E-state index in [2.05, 4.69) is 4.98 Å². The molecular formula is C28H22F6N2O. The van der Waals surface area contributed by atoms with Gasteiger partial charge in [-0.3, -0.25) is 9.78 Å². The molecule has 0 saturated carbocycles. The molecule has 3 aromatic carbocycles. The summed E-state index contributed by atoms with van der Waals surface area (Å²) in [5, 5.41) is 1.93. The van der Waals surface area contributed by atoms with E-state index in [1.165, 1.54) is 25.1 Å². The van der Waals surface area contributed by atoms with Gasteiger partial charge in [0, 0.05) is 30.9 Å². The smallest absolute Gasteiger partial charge is 0.315 e. The number of hydrogen-bond acceptors (Lipinski definition) is 2. The minimum atomic E-state index is -4.95. The minimum Gasteiger partial charge on any atom is -0.315 e. The Morgan fingerprint density at radius 2 is 1.49 bits per heavy atom. The van der Waals surface area contributed by atoms with Gasteiger partial charge in [0.25, 0.3) is 0 Å². The lowest BCUT2D eigenvalue weighted by atomic mass is 9.95. The fraction of sp³-hybridized carbons (Fsp3) is 0.214. The zero-order chi connectivity index (χ0) is 27.0. The summed E-state index contributed by atoms with van der Waals surface area (Å²) in [6.07, 6.45) is -7.07. The molecule has 0 aliphatic rings. The Kier molecular flexibility index (Phi) is 6.99. The van der Waals surface area contributed by atoms with Gasteiger partial charge in [0.2, 0.25) is 5.91 Å². The van der Waals surface area contributed by atoms with Crippen LogP contribution in [0.3, 0.4) is 0 Å². The molecule has 1 atom stereocenters. The Morgan fingerprint density at radius 1 is 0.865 bits per heavy atom. The summed E-state index contributed by atoms with van der Waals surface area (Å²) in [6, 6.07) is 16.5. The predicted octanol–water partition coefficient (Wildman–Crippen LogP) is 7.78. The lowest BCUT2D eigenvalue weighted by molar-refractivity contribution is -0.143. The van der Waals surface area contributed by atoms with Crippen LogP contribution >= 0.6 is 0 Å². The summed E-state index contributed by atoms with van der Waals surface area (Å²) in [6.45, 7) is 1.48. The monoisotopic (exact) mass is 516 g/mol. The molecule has 0 saturated heterocycles. The number of carbonyl (C=O) groups is 1. The van der Waals surface area contributed by atoms with Gasteiger partial charge in [0.15, 0.2) is 0 Å². The van der Waals surface area contributed by atoms with Crippen molar-refractivity contribution in [2.24, 2.45) is 5.92 Å². The molecule has 9 heteroatoms. The number of amides is 1. The maximum atomic E-state index is 13.3. The molecule has 1 unspecified atom stereocenters. The molecular weight excluding hydrogens is 494 g/mol. The van der Waals surface area contributed by atoms with E-state index in [-0.39, 0.29) is 18.1 Å². The van der Waals surface area contributed by atoms with E-state index in [4.69, 9.17) is 0 Å². The van der Waals surface area contributed by atoms with Crippen LogP contribution in [0.2, 0.25) is 0 Å². The van der Waals surface area contributed by atoms with Crippen molar-refractivity contribution in [3.8, 4) is 11.1 Å². The standard InChI is InChI=1S/C28H22F6N2O/c1-17(12-18-13-20(27(29,30)31)15-21(14-18)28(32,33)34)26(37)36(2)25-10-11-35-16-24(25)23-9-5-7-19-6-3-4-8-22(19)23/h3-11,13-17H,12H2,1-2H3. The Balaban J connectivity index is 1.66. The van der Waals surface area contributed by atoms with Gasteiger partial charge < -0.3 is 4.90 Å². The highest BCUT2D eigenvalue weighted by Gasteiger charge is 2.37. The van der Waals surface area contributed by atoms with E-state index < -0.39 is 35.3 Å². The van der Waals surface area contributed by atoms with Crippen LogP contribution in [0.15, 0.2) is 79.1 Å². The molecule has 0 fully saturated rings. The topological polar surface area (TPSA) is 33.2 Å². The van der Waals surface area contributed by atoms with Crippen LogP contribution in [0.5, 0.6) is 0 Å². The molecule has 0 spiro atoms. The lowest BCUT2D eigenvalue weighted by Crippen LogP contribution is -2.33. The Morgan fingerprint density at radius 3 is 2.14 bits per heavy atom. The van der Waals surface area contributed by atoms with Crippen LogP contribution in [-0.2, 0) is 23.6 Å². The molecule has 1 aromatic heterocycles. The fourth-order valence-corrected chi connectivity index (χ4v) is 4.37. The molecule has 4 rings (SSSR count). The first kappa shape index (κ1) is 26.2. The molecule has 192 valence electrons. The third kappa shape index (κ3) is 5.60. The third-order valence-corrected chi connectivity index (χ3v) is 6.18. The van der Waals surface area contributed by atoms with Crippen LogP contribution in [0.4, 0.5) is 32.0 Å². The predicted molar refractivity (Wildman–Crippen MR) is 130 cm³/mol. The molecule has 37 heavy (non-hydrogen) atoms. The Bertz CT molecular complexity index is 1410. The quantitative estimate of drug-likeness (QED) is 0.254. The van der Waals surface area contributed by atoms with Crippen LogP contribution < -0.4 is 4.90 Å². The van der Waals surface area contributed by atoms with Gasteiger partial charge in [-0.1, -0.05) is 49.4 Å². The fourth-order valence-electron chi connectivity index (χ4n) is 4.37. The molecule has 1 heterocycles. The first-order valence-electron chi connectivity index (χ1n) is 11.3. The molecule has 3 nitrogen and oxygen atoms in total. The van der Waals surface area contributed by atoms with E-state index in [0.717, 1.165) is 16.3 Å². The third-order valence-electron chi connectivity index (χ3n) is 6.18. The summed E-state index contributed by atoms with van der Waals surface area (Å²) in [5.41, 5.74) is -1.01. The normalized spacial score (nSPS) is 13.0. The number of rotatable bonds is 5. The van der Waals surface area contributed by atoms with Crippen molar-refractivity contribution < 1.29 is 31.1 Å². The van der Waals surface area contributed by atoms with Crippen LogP contribution in [0.1, 0.15) is 23.6 Å². The number of fused-ring (bicyclic) bond motifs is 1. The average Bonchev–Trinajstić information content (AvgIpc) is 2.86.